The number of hydrogen-bond acceptors (Lipinski definition) is 10. The van der Waals surface area contributed by atoms with E-state index in [1.807, 2.05) is 36.9 Å². The van der Waals surface area contributed by atoms with Gasteiger partial charge in [0.2, 0.25) is 17.8 Å². The van der Waals surface area contributed by atoms with Crippen molar-refractivity contribution in [2.45, 2.75) is 79.0 Å². The molecule has 1 aliphatic heterocycles. The summed E-state index contributed by atoms with van der Waals surface area (Å²) in [6.45, 7) is 13.6. The third-order valence-corrected chi connectivity index (χ3v) is 8.70. The first-order chi connectivity index (χ1) is 21.0. The summed E-state index contributed by atoms with van der Waals surface area (Å²) in [7, 11) is 0. The maximum Gasteiger partial charge on any atom is 0.411 e. The van der Waals surface area contributed by atoms with Gasteiger partial charge in [-0.25, -0.2) is 14.8 Å². The van der Waals surface area contributed by atoms with Gasteiger partial charge in [-0.05, 0) is 68.7 Å². The number of amides is 2. The van der Waals surface area contributed by atoms with Gasteiger partial charge in [0.1, 0.15) is 18.2 Å². The first kappa shape index (κ1) is 31.0. The van der Waals surface area contributed by atoms with E-state index in [0.29, 0.717) is 48.3 Å². The van der Waals surface area contributed by atoms with E-state index in [4.69, 9.17) is 10.5 Å². The number of nitrogens with two attached hydrogens (primary N) is 1. The van der Waals surface area contributed by atoms with Crippen LogP contribution in [0.5, 0.6) is 0 Å². The lowest BCUT2D eigenvalue weighted by molar-refractivity contribution is -0.133. The Morgan fingerprint density at radius 2 is 1.66 bits per heavy atom. The molecule has 5 atom stereocenters. The third kappa shape index (κ3) is 7.03. The van der Waals surface area contributed by atoms with E-state index in [-0.39, 0.29) is 30.0 Å². The van der Waals surface area contributed by atoms with Gasteiger partial charge in [-0.3, -0.25) is 10.1 Å². The molecule has 236 valence electrons. The summed E-state index contributed by atoms with van der Waals surface area (Å²) in [4.78, 5) is 42.0. The van der Waals surface area contributed by atoms with Crippen molar-refractivity contribution in [3.05, 3.63) is 36.7 Å². The molecule has 3 heterocycles. The number of nitrogen functional groups attached to an aromatic ring is 1. The lowest BCUT2D eigenvalue weighted by atomic mass is 9.75. The number of carbonyl (C=O) groups is 2. The van der Waals surface area contributed by atoms with Crippen molar-refractivity contribution >= 4 is 41.1 Å². The summed E-state index contributed by atoms with van der Waals surface area (Å²) in [5.41, 5.74) is 7.56. The Labute approximate surface area is 258 Å². The summed E-state index contributed by atoms with van der Waals surface area (Å²) in [5, 5.41) is 10.5. The second-order valence-electron chi connectivity index (χ2n) is 12.6. The zero-order valence-electron chi connectivity index (χ0n) is 26.4. The van der Waals surface area contributed by atoms with Crippen LogP contribution in [0.25, 0.3) is 5.82 Å². The minimum absolute atomic E-state index is 0.0482. The van der Waals surface area contributed by atoms with Crippen LogP contribution in [0.1, 0.15) is 60.8 Å². The van der Waals surface area contributed by atoms with Gasteiger partial charge in [-0.2, -0.15) is 9.67 Å². The summed E-state index contributed by atoms with van der Waals surface area (Å²) < 4.78 is 7.32. The molecule has 0 radical (unpaired) electrons. The van der Waals surface area contributed by atoms with Crippen molar-refractivity contribution < 1.29 is 14.3 Å². The lowest BCUT2D eigenvalue weighted by Gasteiger charge is -2.44. The van der Waals surface area contributed by atoms with Gasteiger partial charge >= 0.3 is 6.09 Å². The molecule has 13 heteroatoms. The van der Waals surface area contributed by atoms with Gasteiger partial charge in [-0.15, -0.1) is 5.10 Å². The van der Waals surface area contributed by atoms with E-state index in [9.17, 15) is 9.59 Å². The molecule has 1 saturated heterocycles. The van der Waals surface area contributed by atoms with Crippen molar-refractivity contribution in [2.24, 2.45) is 17.8 Å². The molecule has 2 aromatic heterocycles. The summed E-state index contributed by atoms with van der Waals surface area (Å²) >= 11 is 0. The van der Waals surface area contributed by atoms with Gasteiger partial charge in [0.15, 0.2) is 5.82 Å². The maximum atomic E-state index is 12.7. The highest BCUT2D eigenvalue weighted by molar-refractivity contribution is 5.85. The number of ether oxygens (including phenoxy) is 1. The minimum Gasteiger partial charge on any atom is -0.446 e. The molecular weight excluding hydrogens is 560 g/mol. The summed E-state index contributed by atoms with van der Waals surface area (Å²) in [5.74, 6) is 3.14. The van der Waals surface area contributed by atoms with E-state index < -0.39 is 6.09 Å². The second kappa shape index (κ2) is 13.1. The number of carbonyl (C=O) groups excluding carboxylic acids is 2. The molecule has 4 N–H and O–H groups in total. The Kier molecular flexibility index (Phi) is 9.21. The van der Waals surface area contributed by atoms with Gasteiger partial charge in [0.05, 0.1) is 0 Å². The third-order valence-electron chi connectivity index (χ3n) is 8.70. The highest BCUT2D eigenvalue weighted by Crippen LogP contribution is 2.35. The molecule has 0 unspecified atom stereocenters. The Morgan fingerprint density at radius 3 is 2.32 bits per heavy atom. The molecule has 44 heavy (non-hydrogen) atoms. The Balaban J connectivity index is 1.21. The smallest absolute Gasteiger partial charge is 0.411 e. The van der Waals surface area contributed by atoms with Crippen molar-refractivity contribution in [2.75, 3.05) is 34.4 Å². The molecule has 1 saturated carbocycles. The van der Waals surface area contributed by atoms with Crippen LogP contribution in [0.3, 0.4) is 0 Å². The van der Waals surface area contributed by atoms with Crippen molar-refractivity contribution in [1.82, 2.24) is 29.6 Å². The predicted octanol–water partition coefficient (Wildman–Crippen LogP) is 4.84. The molecule has 5 rings (SSSR count). The minimum atomic E-state index is -0.433. The van der Waals surface area contributed by atoms with Crippen LogP contribution in [0.15, 0.2) is 36.7 Å². The molecular formula is C31H44N10O3. The first-order valence-corrected chi connectivity index (χ1v) is 15.4. The molecule has 1 aliphatic carbocycles. The van der Waals surface area contributed by atoms with Crippen LogP contribution in [0.4, 0.5) is 33.9 Å². The summed E-state index contributed by atoms with van der Waals surface area (Å²) in [6, 6.07) is 9.12. The Morgan fingerprint density at radius 1 is 1.00 bits per heavy atom. The standard InChI is InChI=1S/C31H44N10O3/c1-18(2)25-12-7-19(3)13-26(25)44-31(43)36-24-10-8-23(9-11-24)35-30-37-29(32)41(38-30)28-14-27(33-17-34-28)39-15-20(4)40(22(6)42)21(5)16-39/h8-11,14,17-21,25-26H,7,12-13,15-16H2,1-6H3,(H,36,43)(H3,32,35,37,38)/t19-,20-,21+,25+,26+/m0/s1. The normalized spacial score (nSPS) is 23.8. The first-order valence-electron chi connectivity index (χ1n) is 15.4. The van der Waals surface area contributed by atoms with Crippen molar-refractivity contribution in [3.8, 4) is 5.82 Å². The number of nitrogens with one attached hydrogen (secondary N) is 2. The van der Waals surface area contributed by atoms with Crippen molar-refractivity contribution in [3.63, 3.8) is 0 Å². The quantitative estimate of drug-likeness (QED) is 0.341. The van der Waals surface area contributed by atoms with Gasteiger partial charge < -0.3 is 25.6 Å². The Hall–Kier alpha value is -4.42. The number of aromatic nitrogens is 5. The molecule has 2 aliphatic rings. The SMILES string of the molecule is CC(=O)N1[C@H](C)CN(c2cc(-n3nc(Nc4ccc(NC(=O)O[C@@H]5C[C@@H](C)CC[C@@H]5C(C)C)cc4)nc3N)ncn2)C[C@@H]1C. The van der Waals surface area contributed by atoms with E-state index in [0.717, 1.165) is 24.3 Å². The molecule has 13 nitrogen and oxygen atoms in total. The highest BCUT2D eigenvalue weighted by atomic mass is 16.6. The highest BCUT2D eigenvalue weighted by Gasteiger charge is 2.34. The summed E-state index contributed by atoms with van der Waals surface area (Å²) in [6.07, 6.45) is 4.13. The monoisotopic (exact) mass is 604 g/mol. The average molecular weight is 605 g/mol. The largest absolute Gasteiger partial charge is 0.446 e. The molecule has 2 fully saturated rings. The van der Waals surface area contributed by atoms with E-state index in [1.54, 1.807) is 19.1 Å². The molecule has 0 spiro atoms. The van der Waals surface area contributed by atoms with Crippen LogP contribution >= 0.6 is 0 Å². The number of benzene rings is 1. The number of nitrogens with zero attached hydrogens (tertiary/aromatic N) is 7. The molecule has 1 aromatic carbocycles. The number of piperazine rings is 1. The van der Waals surface area contributed by atoms with Crippen LogP contribution < -0.4 is 21.3 Å². The average Bonchev–Trinajstić information content (AvgIpc) is 3.33. The topological polar surface area (TPSA) is 156 Å². The number of anilines is 5. The number of rotatable bonds is 7. The molecule has 3 aromatic rings. The van der Waals surface area contributed by atoms with E-state index in [1.165, 1.54) is 17.4 Å². The van der Waals surface area contributed by atoms with Gasteiger partial charge in [0.25, 0.3) is 0 Å². The lowest BCUT2D eigenvalue weighted by Crippen LogP contribution is -2.58. The fraction of sp³-hybridized carbons (Fsp3) is 0.548. The fourth-order valence-corrected chi connectivity index (χ4v) is 6.60. The fourth-order valence-electron chi connectivity index (χ4n) is 6.60. The van der Waals surface area contributed by atoms with Crippen LogP contribution in [-0.4, -0.2) is 72.9 Å². The maximum absolute atomic E-state index is 12.7. The van der Waals surface area contributed by atoms with Crippen LogP contribution in [0.2, 0.25) is 0 Å². The van der Waals surface area contributed by atoms with Gasteiger partial charge in [0, 0.05) is 49.5 Å². The van der Waals surface area contributed by atoms with Crippen molar-refractivity contribution in [1.29, 1.82) is 0 Å². The van der Waals surface area contributed by atoms with E-state index in [2.05, 4.69) is 56.4 Å². The zero-order valence-corrected chi connectivity index (χ0v) is 26.4. The number of hydrogen-bond donors (Lipinski definition) is 3. The van der Waals surface area contributed by atoms with Gasteiger partial charge in [-0.1, -0.05) is 27.2 Å². The molecule has 0 bridgehead atoms. The Bertz CT molecular complexity index is 1450. The van der Waals surface area contributed by atoms with Crippen LogP contribution in [-0.2, 0) is 9.53 Å². The molecule has 2 amide bonds. The van der Waals surface area contributed by atoms with Crippen LogP contribution in [0, 0.1) is 17.8 Å². The zero-order chi connectivity index (χ0) is 31.5. The second-order valence-corrected chi connectivity index (χ2v) is 12.6. The predicted molar refractivity (Wildman–Crippen MR) is 170 cm³/mol. The van der Waals surface area contributed by atoms with E-state index >= 15 is 0 Å².